The van der Waals surface area contributed by atoms with Crippen LogP contribution in [0.4, 0.5) is 0 Å². The monoisotopic (exact) mass is 402 g/mol. The van der Waals surface area contributed by atoms with Gasteiger partial charge >= 0.3 is 11.9 Å². The molecule has 0 unspecified atom stereocenters. The van der Waals surface area contributed by atoms with Crippen molar-refractivity contribution in [2.45, 2.75) is 31.3 Å². The van der Waals surface area contributed by atoms with E-state index in [-0.39, 0.29) is 44.6 Å². The SMILES string of the molecule is O=C(CCS)OCCOCC(CCS)(CCS)OC(=O)CCS. The van der Waals surface area contributed by atoms with Crippen LogP contribution in [-0.2, 0) is 23.8 Å². The molecule has 0 aliphatic heterocycles. The lowest BCUT2D eigenvalue weighted by atomic mass is 9.98. The zero-order valence-electron chi connectivity index (χ0n) is 13.1. The van der Waals surface area contributed by atoms with Gasteiger partial charge in [0.25, 0.3) is 0 Å². The minimum absolute atomic E-state index is 0.162. The van der Waals surface area contributed by atoms with Crippen LogP contribution in [-0.4, -0.2) is 60.4 Å². The first-order valence-electron chi connectivity index (χ1n) is 7.42. The zero-order chi connectivity index (χ0) is 17.6. The summed E-state index contributed by atoms with van der Waals surface area (Å²) >= 11 is 16.5. The Hall–Kier alpha value is 0.300. The molecule has 0 saturated carbocycles. The molecule has 0 N–H and O–H groups in total. The van der Waals surface area contributed by atoms with E-state index in [9.17, 15) is 9.59 Å². The molecule has 0 aliphatic carbocycles. The smallest absolute Gasteiger partial charge is 0.307 e. The normalized spacial score (nSPS) is 11.3. The Morgan fingerprint density at radius 3 is 1.87 bits per heavy atom. The molecule has 5 nitrogen and oxygen atoms in total. The molecule has 0 aromatic heterocycles. The van der Waals surface area contributed by atoms with E-state index < -0.39 is 5.60 Å². The Morgan fingerprint density at radius 2 is 1.35 bits per heavy atom. The Labute approximate surface area is 160 Å². The maximum atomic E-state index is 11.8. The van der Waals surface area contributed by atoms with Crippen molar-refractivity contribution in [3.05, 3.63) is 0 Å². The minimum atomic E-state index is -0.751. The molecule has 23 heavy (non-hydrogen) atoms. The van der Waals surface area contributed by atoms with Crippen LogP contribution in [0.1, 0.15) is 25.7 Å². The third kappa shape index (κ3) is 11.5. The average molecular weight is 403 g/mol. The molecule has 9 heteroatoms. The van der Waals surface area contributed by atoms with Gasteiger partial charge in [0, 0.05) is 11.5 Å². The number of rotatable bonds is 14. The highest BCUT2D eigenvalue weighted by Gasteiger charge is 2.33. The lowest BCUT2D eigenvalue weighted by Crippen LogP contribution is -2.41. The lowest BCUT2D eigenvalue weighted by molar-refractivity contribution is -0.168. The van der Waals surface area contributed by atoms with Crippen molar-refractivity contribution in [3.8, 4) is 0 Å². The summed E-state index contributed by atoms with van der Waals surface area (Å²) in [5.74, 6) is 1.38. The van der Waals surface area contributed by atoms with Gasteiger partial charge in [-0.25, -0.2) is 0 Å². The molecule has 0 rings (SSSR count). The van der Waals surface area contributed by atoms with Gasteiger partial charge in [0.05, 0.1) is 26.1 Å². The molecule has 0 saturated heterocycles. The summed E-state index contributed by atoms with van der Waals surface area (Å²) in [6.07, 6.45) is 1.64. The summed E-state index contributed by atoms with van der Waals surface area (Å²) in [4.78, 5) is 23.0. The molecule has 0 radical (unpaired) electrons. The molecule has 0 spiro atoms. The summed E-state index contributed by atoms with van der Waals surface area (Å²) in [6.45, 7) is 0.620. The van der Waals surface area contributed by atoms with Crippen molar-refractivity contribution >= 4 is 62.5 Å². The minimum Gasteiger partial charge on any atom is -0.463 e. The number of ether oxygens (including phenoxy) is 3. The third-order valence-electron chi connectivity index (χ3n) is 2.95. The Morgan fingerprint density at radius 1 is 0.783 bits per heavy atom. The average Bonchev–Trinajstić information content (AvgIpc) is 2.48. The molecule has 0 aliphatic rings. The summed E-state index contributed by atoms with van der Waals surface area (Å²) in [5.41, 5.74) is -0.751. The van der Waals surface area contributed by atoms with Crippen molar-refractivity contribution in [1.82, 2.24) is 0 Å². The zero-order valence-corrected chi connectivity index (χ0v) is 16.7. The van der Waals surface area contributed by atoms with Crippen LogP contribution < -0.4 is 0 Å². The largest absolute Gasteiger partial charge is 0.463 e. The first-order valence-corrected chi connectivity index (χ1v) is 9.95. The summed E-state index contributed by atoms with van der Waals surface area (Å²) < 4.78 is 16.1. The number of esters is 2. The van der Waals surface area contributed by atoms with E-state index in [1.807, 2.05) is 0 Å². The van der Waals surface area contributed by atoms with E-state index in [1.165, 1.54) is 0 Å². The van der Waals surface area contributed by atoms with Crippen LogP contribution in [0.3, 0.4) is 0 Å². The van der Waals surface area contributed by atoms with Gasteiger partial charge in [-0.15, -0.1) is 0 Å². The van der Waals surface area contributed by atoms with Crippen molar-refractivity contribution in [2.24, 2.45) is 0 Å². The maximum Gasteiger partial charge on any atom is 0.307 e. The Bertz CT molecular complexity index is 335. The van der Waals surface area contributed by atoms with E-state index in [1.54, 1.807) is 0 Å². The fraction of sp³-hybridized carbons (Fsp3) is 0.857. The molecule has 0 heterocycles. The van der Waals surface area contributed by atoms with Gasteiger partial charge in [-0.2, -0.15) is 50.5 Å². The van der Waals surface area contributed by atoms with Gasteiger partial charge in [0.15, 0.2) is 0 Å². The van der Waals surface area contributed by atoms with Crippen LogP contribution in [0.2, 0.25) is 0 Å². The molecule has 0 atom stereocenters. The van der Waals surface area contributed by atoms with E-state index in [4.69, 9.17) is 14.2 Å². The van der Waals surface area contributed by atoms with Gasteiger partial charge in [0.2, 0.25) is 0 Å². The number of carbonyl (C=O) groups excluding carboxylic acids is 2. The molecule has 136 valence electrons. The van der Waals surface area contributed by atoms with Crippen LogP contribution in [0.15, 0.2) is 0 Å². The number of carbonyl (C=O) groups is 2. The Kier molecular flexibility index (Phi) is 14.8. The number of hydrogen-bond acceptors (Lipinski definition) is 9. The number of hydrogen-bond donors (Lipinski definition) is 4. The molecule has 0 fully saturated rings. The van der Waals surface area contributed by atoms with Crippen LogP contribution in [0, 0.1) is 0 Å². The summed E-state index contributed by atoms with van der Waals surface area (Å²) in [6, 6.07) is 0. The van der Waals surface area contributed by atoms with Crippen LogP contribution in [0.5, 0.6) is 0 Å². The van der Waals surface area contributed by atoms with Crippen molar-refractivity contribution in [2.75, 3.05) is 42.8 Å². The predicted octanol–water partition coefficient (Wildman–Crippen LogP) is 2.11. The van der Waals surface area contributed by atoms with Crippen molar-refractivity contribution in [1.29, 1.82) is 0 Å². The highest BCUT2D eigenvalue weighted by molar-refractivity contribution is 7.80. The first kappa shape index (κ1) is 23.3. The van der Waals surface area contributed by atoms with Crippen LogP contribution in [0.25, 0.3) is 0 Å². The van der Waals surface area contributed by atoms with Gasteiger partial charge in [-0.3, -0.25) is 9.59 Å². The molecule has 0 amide bonds. The fourth-order valence-electron chi connectivity index (χ4n) is 1.83. The molecular formula is C14H26O5S4. The Balaban J connectivity index is 4.39. The third-order valence-corrected chi connectivity index (χ3v) is 3.85. The summed E-state index contributed by atoms with van der Waals surface area (Å²) in [7, 11) is 0. The molecule has 0 aromatic carbocycles. The van der Waals surface area contributed by atoms with Gasteiger partial charge < -0.3 is 14.2 Å². The van der Waals surface area contributed by atoms with Gasteiger partial charge in [0.1, 0.15) is 12.2 Å². The summed E-state index contributed by atoms with van der Waals surface area (Å²) in [5, 5.41) is 0. The lowest BCUT2D eigenvalue weighted by Gasteiger charge is -2.32. The molecule has 0 aromatic rings. The molecular weight excluding hydrogens is 376 g/mol. The first-order chi connectivity index (χ1) is 11.0. The van der Waals surface area contributed by atoms with E-state index in [0.717, 1.165) is 0 Å². The van der Waals surface area contributed by atoms with Gasteiger partial charge in [-0.1, -0.05) is 0 Å². The fourth-order valence-corrected chi connectivity index (χ4v) is 3.01. The predicted molar refractivity (Wildman–Crippen MR) is 104 cm³/mol. The van der Waals surface area contributed by atoms with E-state index in [0.29, 0.717) is 35.9 Å². The molecule has 0 bridgehead atoms. The standard InChI is InChI=1S/C14H26O5S4/c15-12(1-7-20)18-6-5-17-11-14(3-9-22,4-10-23)19-13(16)2-8-21/h20-23H,1-11H2. The van der Waals surface area contributed by atoms with Crippen LogP contribution >= 0.6 is 50.5 Å². The van der Waals surface area contributed by atoms with Crippen molar-refractivity contribution < 1.29 is 23.8 Å². The number of thiol groups is 4. The maximum absolute atomic E-state index is 11.8. The highest BCUT2D eigenvalue weighted by atomic mass is 32.1. The topological polar surface area (TPSA) is 61.8 Å². The second-order valence-corrected chi connectivity index (χ2v) is 6.61. The van der Waals surface area contributed by atoms with Crippen molar-refractivity contribution in [3.63, 3.8) is 0 Å². The van der Waals surface area contributed by atoms with E-state index in [2.05, 4.69) is 50.5 Å². The quantitative estimate of drug-likeness (QED) is 0.204. The second-order valence-electron chi connectivity index (χ2n) is 4.82. The second kappa shape index (κ2) is 14.6. The van der Waals surface area contributed by atoms with E-state index >= 15 is 0 Å². The highest BCUT2D eigenvalue weighted by Crippen LogP contribution is 2.24. The van der Waals surface area contributed by atoms with Gasteiger partial charge in [-0.05, 0) is 24.3 Å².